The number of amides is 2. The predicted octanol–water partition coefficient (Wildman–Crippen LogP) is 3.32. The minimum absolute atomic E-state index is 0.128. The number of piperazine rings is 1. The van der Waals surface area contributed by atoms with E-state index in [4.69, 9.17) is 9.47 Å². The Labute approximate surface area is 171 Å². The first-order valence-electron chi connectivity index (χ1n) is 9.23. The van der Waals surface area contributed by atoms with Gasteiger partial charge in [0, 0.05) is 26.2 Å². The summed E-state index contributed by atoms with van der Waals surface area (Å²) in [4.78, 5) is 28.5. The van der Waals surface area contributed by atoms with Crippen LogP contribution in [0.2, 0.25) is 0 Å². The number of ether oxygens (including phenoxy) is 2. The number of alkyl halides is 3. The van der Waals surface area contributed by atoms with Crippen molar-refractivity contribution in [1.29, 1.82) is 0 Å². The highest BCUT2D eigenvalue weighted by Crippen LogP contribution is 2.33. The molecule has 0 radical (unpaired) electrons. The van der Waals surface area contributed by atoms with E-state index in [9.17, 15) is 22.8 Å². The van der Waals surface area contributed by atoms with Gasteiger partial charge in [-0.15, -0.1) is 0 Å². The fraction of sp³-hybridized carbons (Fsp3) is 0.333. The molecule has 0 spiro atoms. The van der Waals surface area contributed by atoms with Gasteiger partial charge in [0.05, 0.1) is 30.9 Å². The molecular weight excluding hydrogens is 401 g/mol. The van der Waals surface area contributed by atoms with Gasteiger partial charge in [0.2, 0.25) is 0 Å². The van der Waals surface area contributed by atoms with Crippen LogP contribution in [0.4, 0.5) is 13.2 Å². The minimum atomic E-state index is -4.62. The number of hydrogen-bond acceptors (Lipinski definition) is 4. The van der Waals surface area contributed by atoms with Crippen LogP contribution in [0.3, 0.4) is 0 Å². The van der Waals surface area contributed by atoms with Gasteiger partial charge in [0.25, 0.3) is 11.8 Å². The molecule has 1 fully saturated rings. The fourth-order valence-electron chi connectivity index (χ4n) is 3.43. The average molecular weight is 422 g/mol. The van der Waals surface area contributed by atoms with Crippen LogP contribution in [0.1, 0.15) is 26.3 Å². The number of carbonyl (C=O) groups excluding carboxylic acids is 2. The Kier molecular flexibility index (Phi) is 6.19. The maximum Gasteiger partial charge on any atom is 0.417 e. The molecule has 0 bridgehead atoms. The van der Waals surface area contributed by atoms with E-state index in [2.05, 4.69) is 0 Å². The monoisotopic (exact) mass is 422 g/mol. The molecule has 1 aliphatic rings. The summed E-state index contributed by atoms with van der Waals surface area (Å²) in [5.41, 5.74) is -1.03. The molecule has 1 heterocycles. The second-order valence-electron chi connectivity index (χ2n) is 6.67. The lowest BCUT2D eigenvalue weighted by atomic mass is 10.1. The maximum atomic E-state index is 13.2. The Balaban J connectivity index is 1.73. The number of hydrogen-bond donors (Lipinski definition) is 0. The first kappa shape index (κ1) is 21.5. The lowest BCUT2D eigenvalue weighted by Crippen LogP contribution is -2.50. The summed E-state index contributed by atoms with van der Waals surface area (Å²) in [6.07, 6.45) is -4.62. The number of para-hydroxylation sites is 1. The van der Waals surface area contributed by atoms with Crippen LogP contribution in [0, 0.1) is 0 Å². The molecule has 0 N–H and O–H groups in total. The third kappa shape index (κ3) is 4.19. The standard InChI is InChI=1S/C21H21F3N2O4/c1-29-17-9-5-7-15(18(17)30-2)20(28)26-12-10-25(11-13-26)19(27)14-6-3-4-8-16(14)21(22,23)24/h3-9H,10-13H2,1-2H3. The Morgan fingerprint density at radius 2 is 1.33 bits per heavy atom. The van der Waals surface area contributed by atoms with Crippen LogP contribution in [-0.2, 0) is 6.18 Å². The first-order valence-corrected chi connectivity index (χ1v) is 9.23. The molecular formula is C21H21F3N2O4. The zero-order valence-corrected chi connectivity index (χ0v) is 16.5. The van der Waals surface area contributed by atoms with E-state index < -0.39 is 17.6 Å². The summed E-state index contributed by atoms with van der Waals surface area (Å²) < 4.78 is 50.2. The molecule has 1 aliphatic heterocycles. The van der Waals surface area contributed by atoms with Crippen molar-refractivity contribution in [2.45, 2.75) is 6.18 Å². The molecule has 0 aromatic heterocycles. The molecule has 0 unspecified atom stereocenters. The molecule has 9 heteroatoms. The van der Waals surface area contributed by atoms with Crippen LogP contribution < -0.4 is 9.47 Å². The number of halogens is 3. The van der Waals surface area contributed by atoms with Crippen molar-refractivity contribution < 1.29 is 32.2 Å². The second kappa shape index (κ2) is 8.64. The van der Waals surface area contributed by atoms with E-state index in [-0.39, 0.29) is 37.6 Å². The number of carbonyl (C=O) groups is 2. The van der Waals surface area contributed by atoms with Gasteiger partial charge < -0.3 is 19.3 Å². The normalized spacial score (nSPS) is 14.4. The zero-order valence-electron chi connectivity index (χ0n) is 16.5. The lowest BCUT2D eigenvalue weighted by molar-refractivity contribution is -0.138. The number of nitrogens with zero attached hydrogens (tertiary/aromatic N) is 2. The minimum Gasteiger partial charge on any atom is -0.493 e. The number of rotatable bonds is 4. The summed E-state index contributed by atoms with van der Waals surface area (Å²) in [6, 6.07) is 9.66. The van der Waals surface area contributed by atoms with Gasteiger partial charge in [-0.1, -0.05) is 18.2 Å². The maximum absolute atomic E-state index is 13.2. The molecule has 160 valence electrons. The molecule has 0 aliphatic carbocycles. The Morgan fingerprint density at radius 1 is 0.800 bits per heavy atom. The third-order valence-corrected chi connectivity index (χ3v) is 4.95. The zero-order chi connectivity index (χ0) is 21.9. The Bertz CT molecular complexity index is 938. The average Bonchev–Trinajstić information content (AvgIpc) is 2.77. The van der Waals surface area contributed by atoms with Gasteiger partial charge in [0.1, 0.15) is 0 Å². The summed E-state index contributed by atoms with van der Waals surface area (Å²) in [5, 5.41) is 0. The highest BCUT2D eigenvalue weighted by atomic mass is 19.4. The van der Waals surface area contributed by atoms with E-state index >= 15 is 0 Å². The number of benzene rings is 2. The third-order valence-electron chi connectivity index (χ3n) is 4.95. The van der Waals surface area contributed by atoms with Gasteiger partial charge >= 0.3 is 6.18 Å². The molecule has 2 aromatic rings. The topological polar surface area (TPSA) is 59.1 Å². The van der Waals surface area contributed by atoms with Gasteiger partial charge in [0.15, 0.2) is 11.5 Å². The molecule has 1 saturated heterocycles. The summed E-state index contributed by atoms with van der Waals surface area (Å²) >= 11 is 0. The second-order valence-corrected chi connectivity index (χ2v) is 6.67. The van der Waals surface area contributed by atoms with Crippen molar-refractivity contribution in [2.75, 3.05) is 40.4 Å². The molecule has 0 atom stereocenters. The van der Waals surface area contributed by atoms with Gasteiger partial charge in [-0.05, 0) is 24.3 Å². The molecule has 3 rings (SSSR count). The van der Waals surface area contributed by atoms with E-state index in [1.165, 1.54) is 42.2 Å². The van der Waals surface area contributed by atoms with Crippen molar-refractivity contribution in [3.05, 3.63) is 59.2 Å². The van der Waals surface area contributed by atoms with Gasteiger partial charge in [-0.3, -0.25) is 9.59 Å². The van der Waals surface area contributed by atoms with Crippen molar-refractivity contribution in [2.24, 2.45) is 0 Å². The van der Waals surface area contributed by atoms with Crippen LogP contribution in [0.15, 0.2) is 42.5 Å². The number of methoxy groups -OCH3 is 2. The summed E-state index contributed by atoms with van der Waals surface area (Å²) in [6.45, 7) is 0.643. The SMILES string of the molecule is COc1cccc(C(=O)N2CCN(C(=O)c3ccccc3C(F)(F)F)CC2)c1OC. The fourth-order valence-corrected chi connectivity index (χ4v) is 3.43. The highest BCUT2D eigenvalue weighted by molar-refractivity contribution is 5.98. The van der Waals surface area contributed by atoms with Crippen molar-refractivity contribution >= 4 is 11.8 Å². The van der Waals surface area contributed by atoms with Crippen molar-refractivity contribution in [3.63, 3.8) is 0 Å². The molecule has 0 saturated carbocycles. The van der Waals surface area contributed by atoms with E-state index in [0.717, 1.165) is 6.07 Å². The molecule has 2 amide bonds. The van der Waals surface area contributed by atoms with E-state index in [0.29, 0.717) is 17.1 Å². The highest BCUT2D eigenvalue weighted by Gasteiger charge is 2.36. The van der Waals surface area contributed by atoms with E-state index in [1.54, 1.807) is 18.2 Å². The van der Waals surface area contributed by atoms with E-state index in [1.807, 2.05) is 0 Å². The smallest absolute Gasteiger partial charge is 0.417 e. The predicted molar refractivity (Wildman–Crippen MR) is 103 cm³/mol. The first-order chi connectivity index (χ1) is 14.3. The van der Waals surface area contributed by atoms with Gasteiger partial charge in [-0.2, -0.15) is 13.2 Å². The molecule has 2 aromatic carbocycles. The largest absolute Gasteiger partial charge is 0.493 e. The summed E-state index contributed by atoms with van der Waals surface area (Å²) in [7, 11) is 2.90. The van der Waals surface area contributed by atoms with Gasteiger partial charge in [-0.25, -0.2) is 0 Å². The van der Waals surface area contributed by atoms with Crippen LogP contribution in [0.25, 0.3) is 0 Å². The van der Waals surface area contributed by atoms with Crippen LogP contribution in [-0.4, -0.2) is 62.0 Å². The van der Waals surface area contributed by atoms with Crippen molar-refractivity contribution in [3.8, 4) is 11.5 Å². The lowest BCUT2D eigenvalue weighted by Gasteiger charge is -2.35. The van der Waals surface area contributed by atoms with Crippen LogP contribution in [0.5, 0.6) is 11.5 Å². The van der Waals surface area contributed by atoms with Crippen LogP contribution >= 0.6 is 0 Å². The Morgan fingerprint density at radius 3 is 1.87 bits per heavy atom. The molecule has 30 heavy (non-hydrogen) atoms. The van der Waals surface area contributed by atoms with Crippen molar-refractivity contribution in [1.82, 2.24) is 9.80 Å². The molecule has 6 nitrogen and oxygen atoms in total. The summed E-state index contributed by atoms with van der Waals surface area (Å²) in [5.74, 6) is -0.272. The quantitative estimate of drug-likeness (QED) is 0.759. The Hall–Kier alpha value is -3.23.